The summed E-state index contributed by atoms with van der Waals surface area (Å²) in [5, 5.41) is 2.74. The largest absolute Gasteiger partial charge is 0.445 e. The predicted octanol–water partition coefficient (Wildman–Crippen LogP) is 2.43. The number of amides is 1. The van der Waals surface area contributed by atoms with Crippen LogP contribution in [0.25, 0.3) is 0 Å². The van der Waals surface area contributed by atoms with Crippen LogP contribution in [0.3, 0.4) is 0 Å². The van der Waals surface area contributed by atoms with Gasteiger partial charge in [-0.05, 0) is 24.9 Å². The summed E-state index contributed by atoms with van der Waals surface area (Å²) in [5.74, 6) is 0. The maximum Gasteiger partial charge on any atom is 0.407 e. The van der Waals surface area contributed by atoms with Crippen LogP contribution < -0.4 is 11.1 Å². The maximum absolute atomic E-state index is 11.4. The molecule has 0 radical (unpaired) electrons. The SMILES string of the molecule is NCCCCCCNC(=O)OCc1ccccc1. The van der Waals surface area contributed by atoms with E-state index < -0.39 is 0 Å². The van der Waals surface area contributed by atoms with Crippen LogP contribution in [0.1, 0.15) is 31.2 Å². The van der Waals surface area contributed by atoms with Gasteiger partial charge in [0.15, 0.2) is 0 Å². The van der Waals surface area contributed by atoms with Crippen LogP contribution in [0.15, 0.2) is 30.3 Å². The number of carbonyl (C=O) groups is 1. The van der Waals surface area contributed by atoms with Gasteiger partial charge in [0.05, 0.1) is 0 Å². The number of benzene rings is 1. The van der Waals surface area contributed by atoms with E-state index in [1.165, 1.54) is 0 Å². The second-order valence-electron chi connectivity index (χ2n) is 4.19. The van der Waals surface area contributed by atoms with Crippen molar-refractivity contribution in [1.29, 1.82) is 0 Å². The zero-order valence-corrected chi connectivity index (χ0v) is 10.7. The summed E-state index contributed by atoms with van der Waals surface area (Å²) in [6, 6.07) is 9.65. The first-order valence-electron chi connectivity index (χ1n) is 6.47. The fourth-order valence-corrected chi connectivity index (χ4v) is 1.59. The van der Waals surface area contributed by atoms with Crippen LogP contribution in [-0.2, 0) is 11.3 Å². The van der Waals surface area contributed by atoms with Crippen molar-refractivity contribution in [2.75, 3.05) is 13.1 Å². The van der Waals surface area contributed by atoms with Crippen LogP contribution in [0.5, 0.6) is 0 Å². The van der Waals surface area contributed by atoms with Crippen molar-refractivity contribution in [2.24, 2.45) is 5.73 Å². The van der Waals surface area contributed by atoms with Crippen LogP contribution in [-0.4, -0.2) is 19.2 Å². The van der Waals surface area contributed by atoms with Crippen molar-refractivity contribution in [3.05, 3.63) is 35.9 Å². The van der Waals surface area contributed by atoms with E-state index in [0.29, 0.717) is 13.2 Å². The van der Waals surface area contributed by atoms with E-state index in [4.69, 9.17) is 10.5 Å². The van der Waals surface area contributed by atoms with Gasteiger partial charge in [0, 0.05) is 6.54 Å². The van der Waals surface area contributed by atoms with E-state index in [1.807, 2.05) is 30.3 Å². The van der Waals surface area contributed by atoms with Crippen molar-refractivity contribution in [2.45, 2.75) is 32.3 Å². The first-order valence-corrected chi connectivity index (χ1v) is 6.47. The maximum atomic E-state index is 11.4. The van der Waals surface area contributed by atoms with Crippen molar-refractivity contribution >= 4 is 6.09 Å². The molecule has 0 aliphatic rings. The van der Waals surface area contributed by atoms with Gasteiger partial charge in [-0.1, -0.05) is 43.2 Å². The summed E-state index contributed by atoms with van der Waals surface area (Å²) in [7, 11) is 0. The third kappa shape index (κ3) is 6.91. The molecule has 1 rings (SSSR count). The highest BCUT2D eigenvalue weighted by molar-refractivity contribution is 5.67. The van der Waals surface area contributed by atoms with Gasteiger partial charge in [0.2, 0.25) is 0 Å². The number of nitrogens with two attached hydrogens (primary N) is 1. The quantitative estimate of drug-likeness (QED) is 0.696. The van der Waals surface area contributed by atoms with Gasteiger partial charge in [-0.3, -0.25) is 0 Å². The monoisotopic (exact) mass is 250 g/mol. The third-order valence-electron chi connectivity index (χ3n) is 2.61. The van der Waals surface area contributed by atoms with E-state index in [9.17, 15) is 4.79 Å². The highest BCUT2D eigenvalue weighted by Gasteiger charge is 2.01. The number of alkyl carbamates (subject to hydrolysis) is 1. The van der Waals surface area contributed by atoms with Gasteiger partial charge in [0.25, 0.3) is 0 Å². The van der Waals surface area contributed by atoms with Crippen molar-refractivity contribution in [1.82, 2.24) is 5.32 Å². The van der Waals surface area contributed by atoms with Crippen LogP contribution in [0.2, 0.25) is 0 Å². The van der Waals surface area contributed by atoms with Crippen molar-refractivity contribution in [3.8, 4) is 0 Å². The Kier molecular flexibility index (Phi) is 7.64. The fraction of sp³-hybridized carbons (Fsp3) is 0.500. The Morgan fingerprint density at radius 1 is 1.11 bits per heavy atom. The molecule has 1 aromatic carbocycles. The summed E-state index contributed by atoms with van der Waals surface area (Å²) >= 11 is 0. The highest BCUT2D eigenvalue weighted by atomic mass is 16.5. The smallest absolute Gasteiger partial charge is 0.407 e. The highest BCUT2D eigenvalue weighted by Crippen LogP contribution is 2.01. The van der Waals surface area contributed by atoms with Gasteiger partial charge in [-0.25, -0.2) is 4.79 Å². The molecule has 0 heterocycles. The Labute approximate surface area is 109 Å². The van der Waals surface area contributed by atoms with E-state index in [0.717, 1.165) is 37.8 Å². The number of carbonyl (C=O) groups excluding carboxylic acids is 1. The molecule has 0 fully saturated rings. The molecule has 0 aromatic heterocycles. The Hall–Kier alpha value is -1.55. The number of ether oxygens (including phenoxy) is 1. The minimum atomic E-state index is -0.349. The van der Waals surface area contributed by atoms with E-state index in [2.05, 4.69) is 5.32 Å². The van der Waals surface area contributed by atoms with Crippen LogP contribution >= 0.6 is 0 Å². The molecular weight excluding hydrogens is 228 g/mol. The fourth-order valence-electron chi connectivity index (χ4n) is 1.59. The minimum Gasteiger partial charge on any atom is -0.445 e. The zero-order chi connectivity index (χ0) is 13.1. The van der Waals surface area contributed by atoms with Crippen LogP contribution in [0.4, 0.5) is 4.79 Å². The molecule has 0 saturated carbocycles. The predicted molar refractivity (Wildman–Crippen MR) is 72.2 cm³/mol. The zero-order valence-electron chi connectivity index (χ0n) is 10.7. The molecular formula is C14H22N2O2. The van der Waals surface area contributed by atoms with Gasteiger partial charge in [0.1, 0.15) is 6.61 Å². The number of unbranched alkanes of at least 4 members (excludes halogenated alkanes) is 3. The molecule has 0 unspecified atom stereocenters. The first kappa shape index (κ1) is 14.5. The van der Waals surface area contributed by atoms with Gasteiger partial charge >= 0.3 is 6.09 Å². The molecule has 0 atom stereocenters. The lowest BCUT2D eigenvalue weighted by atomic mass is 10.2. The Morgan fingerprint density at radius 3 is 2.56 bits per heavy atom. The Balaban J connectivity index is 2.01. The lowest BCUT2D eigenvalue weighted by Crippen LogP contribution is -2.25. The van der Waals surface area contributed by atoms with Gasteiger partial charge in [-0.15, -0.1) is 0 Å². The molecule has 4 heteroatoms. The minimum absolute atomic E-state index is 0.319. The second-order valence-corrected chi connectivity index (χ2v) is 4.19. The molecule has 18 heavy (non-hydrogen) atoms. The number of rotatable bonds is 8. The standard InChI is InChI=1S/C14H22N2O2/c15-10-6-1-2-7-11-16-14(17)18-12-13-8-4-3-5-9-13/h3-5,8-9H,1-2,6-7,10-12,15H2,(H,16,17). The lowest BCUT2D eigenvalue weighted by Gasteiger charge is -2.06. The first-order chi connectivity index (χ1) is 8.83. The third-order valence-corrected chi connectivity index (χ3v) is 2.61. The molecule has 1 aromatic rings. The molecule has 4 nitrogen and oxygen atoms in total. The summed E-state index contributed by atoms with van der Waals surface area (Å²) in [4.78, 5) is 11.4. The topological polar surface area (TPSA) is 64.3 Å². The van der Waals surface area contributed by atoms with Crippen LogP contribution in [0, 0.1) is 0 Å². The Bertz CT molecular complexity index is 328. The van der Waals surface area contributed by atoms with Crippen molar-refractivity contribution < 1.29 is 9.53 Å². The average molecular weight is 250 g/mol. The lowest BCUT2D eigenvalue weighted by molar-refractivity contribution is 0.139. The summed E-state index contributed by atoms with van der Waals surface area (Å²) in [6.07, 6.45) is 3.89. The Morgan fingerprint density at radius 2 is 1.83 bits per heavy atom. The summed E-state index contributed by atoms with van der Waals surface area (Å²) < 4.78 is 5.09. The molecule has 1 amide bonds. The molecule has 0 saturated heterocycles. The van der Waals surface area contributed by atoms with E-state index in [1.54, 1.807) is 0 Å². The van der Waals surface area contributed by atoms with Crippen molar-refractivity contribution in [3.63, 3.8) is 0 Å². The van der Waals surface area contributed by atoms with Gasteiger partial charge in [-0.2, -0.15) is 0 Å². The molecule has 3 N–H and O–H groups in total. The molecule has 0 spiro atoms. The average Bonchev–Trinajstić information content (AvgIpc) is 2.41. The summed E-state index contributed by atoms with van der Waals surface area (Å²) in [6.45, 7) is 1.73. The number of nitrogens with one attached hydrogen (secondary N) is 1. The van der Waals surface area contributed by atoms with E-state index >= 15 is 0 Å². The molecule has 0 aliphatic carbocycles. The van der Waals surface area contributed by atoms with Gasteiger partial charge < -0.3 is 15.8 Å². The number of hydrogen-bond acceptors (Lipinski definition) is 3. The molecule has 100 valence electrons. The summed E-state index contributed by atoms with van der Waals surface area (Å²) in [5.41, 5.74) is 6.39. The molecule has 0 bridgehead atoms. The molecule has 0 aliphatic heterocycles. The second kappa shape index (κ2) is 9.48. The number of hydrogen-bond donors (Lipinski definition) is 2. The van der Waals surface area contributed by atoms with E-state index in [-0.39, 0.29) is 6.09 Å². The normalized spacial score (nSPS) is 10.1.